The molecule has 16 heavy (non-hydrogen) atoms. The minimum Gasteiger partial charge on any atom is -0.339 e. The Kier molecular flexibility index (Phi) is 3.85. The Hall–Kier alpha value is -0.570. The molecule has 0 aromatic heterocycles. The topological polar surface area (TPSA) is 46.3 Å². The SMILES string of the molecule is CCC1CCCCN1C(=O)C1CCC(N)C1. The van der Waals surface area contributed by atoms with Crippen molar-refractivity contribution in [1.29, 1.82) is 0 Å². The van der Waals surface area contributed by atoms with E-state index in [0.29, 0.717) is 11.9 Å². The number of likely N-dealkylation sites (tertiary alicyclic amines) is 1. The van der Waals surface area contributed by atoms with Crippen LogP contribution in [-0.4, -0.2) is 29.4 Å². The predicted molar refractivity (Wildman–Crippen MR) is 65.0 cm³/mol. The number of nitrogens with two attached hydrogens (primary N) is 1. The van der Waals surface area contributed by atoms with Gasteiger partial charge < -0.3 is 10.6 Å². The molecule has 1 amide bonds. The van der Waals surface area contributed by atoms with Crippen LogP contribution in [0.25, 0.3) is 0 Å². The molecule has 92 valence electrons. The third-order valence-corrected chi connectivity index (χ3v) is 4.20. The molecule has 1 aliphatic carbocycles. The fraction of sp³-hybridized carbons (Fsp3) is 0.923. The van der Waals surface area contributed by atoms with Gasteiger partial charge in [-0.25, -0.2) is 0 Å². The van der Waals surface area contributed by atoms with Crippen LogP contribution in [0.2, 0.25) is 0 Å². The first-order valence-electron chi connectivity index (χ1n) is 6.78. The molecular formula is C13H24N2O. The quantitative estimate of drug-likeness (QED) is 0.778. The molecule has 2 fully saturated rings. The lowest BCUT2D eigenvalue weighted by atomic mass is 9.96. The van der Waals surface area contributed by atoms with E-state index in [0.717, 1.165) is 32.2 Å². The molecular weight excluding hydrogens is 200 g/mol. The van der Waals surface area contributed by atoms with Crippen molar-refractivity contribution in [2.24, 2.45) is 11.7 Å². The number of hydrogen-bond acceptors (Lipinski definition) is 2. The number of carbonyl (C=O) groups is 1. The summed E-state index contributed by atoms with van der Waals surface area (Å²) < 4.78 is 0. The van der Waals surface area contributed by atoms with Crippen molar-refractivity contribution < 1.29 is 4.79 Å². The predicted octanol–water partition coefficient (Wildman–Crippen LogP) is 1.90. The zero-order valence-electron chi connectivity index (χ0n) is 10.3. The summed E-state index contributed by atoms with van der Waals surface area (Å²) in [5.41, 5.74) is 5.89. The normalized spacial score (nSPS) is 35.4. The summed E-state index contributed by atoms with van der Waals surface area (Å²) in [6, 6.07) is 0.761. The van der Waals surface area contributed by atoms with E-state index in [9.17, 15) is 4.79 Å². The van der Waals surface area contributed by atoms with Crippen LogP contribution in [0.3, 0.4) is 0 Å². The summed E-state index contributed by atoms with van der Waals surface area (Å²) in [5, 5.41) is 0. The monoisotopic (exact) mass is 224 g/mol. The van der Waals surface area contributed by atoms with E-state index in [-0.39, 0.29) is 12.0 Å². The fourth-order valence-electron chi connectivity index (χ4n) is 3.19. The molecule has 3 nitrogen and oxygen atoms in total. The van der Waals surface area contributed by atoms with E-state index in [4.69, 9.17) is 5.73 Å². The van der Waals surface area contributed by atoms with Crippen LogP contribution < -0.4 is 5.73 Å². The second-order valence-electron chi connectivity index (χ2n) is 5.36. The molecule has 3 unspecified atom stereocenters. The lowest BCUT2D eigenvalue weighted by Crippen LogP contribution is -2.46. The Bertz CT molecular complexity index is 254. The van der Waals surface area contributed by atoms with Crippen LogP contribution in [0.5, 0.6) is 0 Å². The smallest absolute Gasteiger partial charge is 0.225 e. The molecule has 1 aliphatic heterocycles. The van der Waals surface area contributed by atoms with Gasteiger partial charge in [0.05, 0.1) is 0 Å². The Morgan fingerprint density at radius 3 is 2.75 bits per heavy atom. The average Bonchev–Trinajstić information content (AvgIpc) is 2.75. The van der Waals surface area contributed by atoms with Crippen molar-refractivity contribution in [2.75, 3.05) is 6.54 Å². The number of nitrogens with zero attached hydrogens (tertiary/aromatic N) is 1. The Morgan fingerprint density at radius 1 is 1.31 bits per heavy atom. The summed E-state index contributed by atoms with van der Waals surface area (Å²) in [4.78, 5) is 14.5. The molecule has 2 aliphatic rings. The molecule has 0 radical (unpaired) electrons. The van der Waals surface area contributed by atoms with Crippen molar-refractivity contribution >= 4 is 5.91 Å². The molecule has 3 heteroatoms. The van der Waals surface area contributed by atoms with Gasteiger partial charge in [0, 0.05) is 24.5 Å². The third-order valence-electron chi connectivity index (χ3n) is 4.20. The van der Waals surface area contributed by atoms with Gasteiger partial charge in [-0.3, -0.25) is 4.79 Å². The maximum absolute atomic E-state index is 12.4. The highest BCUT2D eigenvalue weighted by molar-refractivity contribution is 5.79. The van der Waals surface area contributed by atoms with Gasteiger partial charge in [-0.05, 0) is 44.9 Å². The molecule has 1 saturated carbocycles. The highest BCUT2D eigenvalue weighted by atomic mass is 16.2. The fourth-order valence-corrected chi connectivity index (χ4v) is 3.19. The van der Waals surface area contributed by atoms with E-state index in [1.165, 1.54) is 19.3 Å². The number of hydrogen-bond donors (Lipinski definition) is 1. The first-order valence-corrected chi connectivity index (χ1v) is 6.78. The van der Waals surface area contributed by atoms with Crippen molar-refractivity contribution in [3.8, 4) is 0 Å². The molecule has 0 spiro atoms. The lowest BCUT2D eigenvalue weighted by molar-refractivity contribution is -0.139. The van der Waals surface area contributed by atoms with Crippen molar-refractivity contribution in [3.05, 3.63) is 0 Å². The van der Waals surface area contributed by atoms with Gasteiger partial charge in [-0.1, -0.05) is 6.92 Å². The zero-order valence-corrected chi connectivity index (χ0v) is 10.3. The number of piperidine rings is 1. The molecule has 0 bridgehead atoms. The number of carbonyl (C=O) groups excluding carboxylic acids is 1. The van der Waals surface area contributed by atoms with Gasteiger partial charge >= 0.3 is 0 Å². The summed E-state index contributed by atoms with van der Waals surface area (Å²) in [6.07, 6.45) is 7.71. The third kappa shape index (κ3) is 2.40. The van der Waals surface area contributed by atoms with Gasteiger partial charge in [0.2, 0.25) is 5.91 Å². The number of rotatable bonds is 2. The highest BCUT2D eigenvalue weighted by Crippen LogP contribution is 2.29. The van der Waals surface area contributed by atoms with Gasteiger partial charge in [-0.15, -0.1) is 0 Å². The van der Waals surface area contributed by atoms with Crippen LogP contribution in [0.15, 0.2) is 0 Å². The Morgan fingerprint density at radius 2 is 2.12 bits per heavy atom. The second kappa shape index (κ2) is 5.17. The Labute approximate surface area is 98.4 Å². The summed E-state index contributed by atoms with van der Waals surface area (Å²) >= 11 is 0. The largest absolute Gasteiger partial charge is 0.339 e. The summed E-state index contributed by atoms with van der Waals surface area (Å²) in [5.74, 6) is 0.613. The minimum atomic E-state index is 0.224. The highest BCUT2D eigenvalue weighted by Gasteiger charge is 2.34. The summed E-state index contributed by atoms with van der Waals surface area (Å²) in [7, 11) is 0. The molecule has 0 aromatic carbocycles. The number of amides is 1. The van der Waals surface area contributed by atoms with Crippen LogP contribution in [0, 0.1) is 5.92 Å². The maximum Gasteiger partial charge on any atom is 0.225 e. The molecule has 1 saturated heterocycles. The molecule has 1 heterocycles. The van der Waals surface area contributed by atoms with Crippen LogP contribution in [0.4, 0.5) is 0 Å². The van der Waals surface area contributed by atoms with Gasteiger partial charge in [-0.2, -0.15) is 0 Å². The van der Waals surface area contributed by atoms with E-state index in [1.807, 2.05) is 0 Å². The van der Waals surface area contributed by atoms with E-state index < -0.39 is 0 Å². The van der Waals surface area contributed by atoms with Gasteiger partial charge in [0.15, 0.2) is 0 Å². The van der Waals surface area contributed by atoms with Gasteiger partial charge in [0.25, 0.3) is 0 Å². The maximum atomic E-state index is 12.4. The van der Waals surface area contributed by atoms with E-state index in [2.05, 4.69) is 11.8 Å². The second-order valence-corrected chi connectivity index (χ2v) is 5.36. The van der Waals surface area contributed by atoms with Crippen molar-refractivity contribution in [2.45, 2.75) is 64.0 Å². The van der Waals surface area contributed by atoms with E-state index >= 15 is 0 Å². The minimum absolute atomic E-state index is 0.224. The van der Waals surface area contributed by atoms with Crippen molar-refractivity contribution in [1.82, 2.24) is 4.90 Å². The first-order chi connectivity index (χ1) is 7.72. The molecule has 0 aromatic rings. The molecule has 3 atom stereocenters. The van der Waals surface area contributed by atoms with E-state index in [1.54, 1.807) is 0 Å². The lowest BCUT2D eigenvalue weighted by Gasteiger charge is -2.37. The van der Waals surface area contributed by atoms with Crippen LogP contribution in [-0.2, 0) is 4.79 Å². The zero-order chi connectivity index (χ0) is 11.5. The molecule has 2 N–H and O–H groups in total. The average molecular weight is 224 g/mol. The van der Waals surface area contributed by atoms with Crippen LogP contribution >= 0.6 is 0 Å². The molecule has 2 rings (SSSR count). The first kappa shape index (κ1) is 11.9. The standard InChI is InChI=1S/C13H24N2O/c1-2-12-5-3-4-8-15(12)13(16)10-6-7-11(14)9-10/h10-12H,2-9,14H2,1H3. The Balaban J connectivity index is 1.96. The summed E-state index contributed by atoms with van der Waals surface area (Å²) in [6.45, 7) is 3.17. The van der Waals surface area contributed by atoms with Crippen molar-refractivity contribution in [3.63, 3.8) is 0 Å². The van der Waals surface area contributed by atoms with Crippen LogP contribution in [0.1, 0.15) is 51.9 Å². The van der Waals surface area contributed by atoms with Gasteiger partial charge in [0.1, 0.15) is 0 Å².